The third-order valence-electron chi connectivity index (χ3n) is 1.62. The number of rotatable bonds is 2. The van der Waals surface area contributed by atoms with Crippen LogP contribution in [0.1, 0.15) is 5.56 Å². The van der Waals surface area contributed by atoms with E-state index >= 15 is 0 Å². The van der Waals surface area contributed by atoms with Crippen molar-refractivity contribution in [1.29, 1.82) is 0 Å². The average molecular weight is 178 g/mol. The van der Waals surface area contributed by atoms with E-state index in [1.165, 1.54) is 7.11 Å². The van der Waals surface area contributed by atoms with E-state index in [0.717, 1.165) is 6.26 Å². The van der Waals surface area contributed by atoms with Crippen LogP contribution in [0, 0.1) is 0 Å². The lowest BCUT2D eigenvalue weighted by molar-refractivity contribution is -0.133. The normalized spacial score (nSPS) is 11.0. The average Bonchev–Trinajstić information content (AvgIpc) is 2.20. The Morgan fingerprint density at radius 2 is 2.00 bits per heavy atom. The maximum atomic E-state index is 11.1. The first-order chi connectivity index (χ1) is 6.29. The van der Waals surface area contributed by atoms with Gasteiger partial charge in [-0.3, -0.25) is 0 Å². The predicted octanol–water partition coefficient (Wildman–Crippen LogP) is 1.76. The van der Waals surface area contributed by atoms with Crippen LogP contribution in [0.2, 0.25) is 0 Å². The van der Waals surface area contributed by atoms with Gasteiger partial charge < -0.3 is 9.84 Å². The molecule has 3 nitrogen and oxygen atoms in total. The lowest BCUT2D eigenvalue weighted by atomic mass is 10.1. The molecule has 1 aromatic carbocycles. The molecule has 0 aliphatic heterocycles. The molecule has 68 valence electrons. The fraction of sp³-hybridized carbons (Fsp3) is 0.100. The van der Waals surface area contributed by atoms with Gasteiger partial charge in [0.15, 0.2) is 0 Å². The number of ether oxygens (including phenoxy) is 1. The third kappa shape index (κ3) is 2.08. The molecule has 0 radical (unpaired) electrons. The molecule has 0 saturated carbocycles. The highest BCUT2D eigenvalue weighted by atomic mass is 16.5. The summed E-state index contributed by atoms with van der Waals surface area (Å²) in [5, 5.41) is 8.82. The number of hydrogen-bond acceptors (Lipinski definition) is 3. The van der Waals surface area contributed by atoms with Crippen LogP contribution in [0.5, 0.6) is 0 Å². The van der Waals surface area contributed by atoms with Gasteiger partial charge in [-0.15, -0.1) is 0 Å². The first kappa shape index (κ1) is 9.32. The second kappa shape index (κ2) is 4.30. The molecule has 3 heteroatoms. The molecule has 0 unspecified atom stereocenters. The minimum atomic E-state index is -0.547. The SMILES string of the molecule is COC(=O)C(=CO)c1ccccc1. The molecule has 0 amide bonds. The second-order valence-corrected chi connectivity index (χ2v) is 2.40. The van der Waals surface area contributed by atoms with Crippen LogP contribution in [0.25, 0.3) is 5.57 Å². The van der Waals surface area contributed by atoms with Gasteiger partial charge in [0.05, 0.1) is 13.4 Å². The molecule has 0 bridgehead atoms. The van der Waals surface area contributed by atoms with Crippen LogP contribution in [0.15, 0.2) is 36.6 Å². The number of aliphatic hydroxyl groups is 1. The van der Waals surface area contributed by atoms with E-state index in [2.05, 4.69) is 4.74 Å². The van der Waals surface area contributed by atoms with Crippen molar-refractivity contribution < 1.29 is 14.6 Å². The molecule has 0 aliphatic carbocycles. The van der Waals surface area contributed by atoms with Gasteiger partial charge in [0.25, 0.3) is 0 Å². The summed E-state index contributed by atoms with van der Waals surface area (Å²) in [5.74, 6) is -0.547. The third-order valence-corrected chi connectivity index (χ3v) is 1.62. The Hall–Kier alpha value is -1.77. The fourth-order valence-electron chi connectivity index (χ4n) is 0.973. The molecular formula is C10H10O3. The zero-order chi connectivity index (χ0) is 9.68. The minimum absolute atomic E-state index is 0.156. The van der Waals surface area contributed by atoms with E-state index in [1.54, 1.807) is 24.3 Å². The highest BCUT2D eigenvalue weighted by Crippen LogP contribution is 2.14. The molecule has 0 heterocycles. The van der Waals surface area contributed by atoms with Gasteiger partial charge in [-0.2, -0.15) is 0 Å². The Kier molecular flexibility index (Phi) is 3.09. The van der Waals surface area contributed by atoms with Crippen molar-refractivity contribution in [3.8, 4) is 0 Å². The largest absolute Gasteiger partial charge is 0.515 e. The van der Waals surface area contributed by atoms with E-state index in [-0.39, 0.29) is 5.57 Å². The van der Waals surface area contributed by atoms with Crippen LogP contribution in [-0.4, -0.2) is 18.2 Å². The molecule has 1 aromatic rings. The molecule has 0 atom stereocenters. The minimum Gasteiger partial charge on any atom is -0.515 e. The molecule has 0 aliphatic rings. The van der Waals surface area contributed by atoms with Crippen molar-refractivity contribution in [2.75, 3.05) is 7.11 Å². The van der Waals surface area contributed by atoms with Crippen molar-refractivity contribution in [1.82, 2.24) is 0 Å². The van der Waals surface area contributed by atoms with Crippen molar-refractivity contribution in [3.63, 3.8) is 0 Å². The van der Waals surface area contributed by atoms with Crippen molar-refractivity contribution in [2.45, 2.75) is 0 Å². The van der Waals surface area contributed by atoms with Gasteiger partial charge >= 0.3 is 5.97 Å². The fourth-order valence-corrected chi connectivity index (χ4v) is 0.973. The highest BCUT2D eigenvalue weighted by Gasteiger charge is 2.11. The summed E-state index contributed by atoms with van der Waals surface area (Å²) < 4.78 is 4.49. The number of carbonyl (C=O) groups is 1. The Morgan fingerprint density at radius 1 is 1.38 bits per heavy atom. The van der Waals surface area contributed by atoms with Crippen LogP contribution in [-0.2, 0) is 9.53 Å². The lowest BCUT2D eigenvalue weighted by Crippen LogP contribution is -2.03. The number of benzene rings is 1. The van der Waals surface area contributed by atoms with Gasteiger partial charge in [0.2, 0.25) is 0 Å². The van der Waals surface area contributed by atoms with Crippen molar-refractivity contribution >= 4 is 11.5 Å². The smallest absolute Gasteiger partial charge is 0.341 e. The summed E-state index contributed by atoms with van der Waals surface area (Å²) in [7, 11) is 1.27. The first-order valence-electron chi connectivity index (χ1n) is 3.77. The maximum absolute atomic E-state index is 11.1. The molecule has 13 heavy (non-hydrogen) atoms. The highest BCUT2D eigenvalue weighted by molar-refractivity contribution is 6.15. The van der Waals surface area contributed by atoms with E-state index in [0.29, 0.717) is 5.56 Å². The summed E-state index contributed by atoms with van der Waals surface area (Å²) in [4.78, 5) is 11.1. The quantitative estimate of drug-likeness (QED) is 0.426. The van der Waals surface area contributed by atoms with Gasteiger partial charge in [-0.25, -0.2) is 4.79 Å². The Morgan fingerprint density at radius 3 is 2.46 bits per heavy atom. The number of methoxy groups -OCH3 is 1. The van der Waals surface area contributed by atoms with Crippen molar-refractivity contribution in [3.05, 3.63) is 42.2 Å². The summed E-state index contributed by atoms with van der Waals surface area (Å²) in [6.45, 7) is 0. The van der Waals surface area contributed by atoms with Gasteiger partial charge in [0, 0.05) is 0 Å². The van der Waals surface area contributed by atoms with Gasteiger partial charge in [-0.05, 0) is 5.56 Å². The Balaban J connectivity index is 3.00. The van der Waals surface area contributed by atoms with Crippen LogP contribution in [0.3, 0.4) is 0 Å². The first-order valence-corrected chi connectivity index (χ1v) is 3.77. The number of aliphatic hydroxyl groups excluding tert-OH is 1. The topological polar surface area (TPSA) is 46.5 Å². The summed E-state index contributed by atoms with van der Waals surface area (Å²) in [6, 6.07) is 8.83. The van der Waals surface area contributed by atoms with Crippen LogP contribution >= 0.6 is 0 Å². The van der Waals surface area contributed by atoms with E-state index in [4.69, 9.17) is 5.11 Å². The lowest BCUT2D eigenvalue weighted by Gasteiger charge is -2.02. The molecule has 0 aromatic heterocycles. The summed E-state index contributed by atoms with van der Waals surface area (Å²) in [5.41, 5.74) is 0.792. The Labute approximate surface area is 76.3 Å². The monoisotopic (exact) mass is 178 g/mol. The molecule has 0 fully saturated rings. The molecular weight excluding hydrogens is 168 g/mol. The van der Waals surface area contributed by atoms with E-state index in [9.17, 15) is 4.79 Å². The molecule has 0 spiro atoms. The second-order valence-electron chi connectivity index (χ2n) is 2.40. The number of esters is 1. The van der Waals surface area contributed by atoms with E-state index < -0.39 is 5.97 Å². The zero-order valence-electron chi connectivity index (χ0n) is 7.23. The van der Waals surface area contributed by atoms with Crippen LogP contribution < -0.4 is 0 Å². The molecule has 0 saturated heterocycles. The summed E-state index contributed by atoms with van der Waals surface area (Å²) >= 11 is 0. The number of hydrogen-bond donors (Lipinski definition) is 1. The van der Waals surface area contributed by atoms with E-state index in [1.807, 2.05) is 6.07 Å². The predicted molar refractivity (Wildman–Crippen MR) is 49.1 cm³/mol. The Bertz CT molecular complexity index is 314. The summed E-state index contributed by atoms with van der Waals surface area (Å²) in [6.07, 6.45) is 0.751. The number of carbonyl (C=O) groups excluding carboxylic acids is 1. The van der Waals surface area contributed by atoms with Crippen molar-refractivity contribution in [2.24, 2.45) is 0 Å². The maximum Gasteiger partial charge on any atom is 0.341 e. The molecule has 1 rings (SSSR count). The zero-order valence-corrected chi connectivity index (χ0v) is 7.23. The van der Waals surface area contributed by atoms with Crippen LogP contribution in [0.4, 0.5) is 0 Å². The molecule has 1 N–H and O–H groups in total. The van der Waals surface area contributed by atoms with Gasteiger partial charge in [0.1, 0.15) is 5.57 Å². The van der Waals surface area contributed by atoms with Gasteiger partial charge in [-0.1, -0.05) is 30.3 Å². The standard InChI is InChI=1S/C10H10O3/c1-13-10(12)9(7-11)8-5-3-2-4-6-8/h2-7,11H,1H3.